The van der Waals surface area contributed by atoms with Gasteiger partial charge < -0.3 is 29.6 Å². The molecule has 1 unspecified atom stereocenters. The summed E-state index contributed by atoms with van der Waals surface area (Å²) in [6, 6.07) is 9.33. The zero-order valence-electron chi connectivity index (χ0n) is 41.0. The van der Waals surface area contributed by atoms with E-state index >= 15 is 0 Å². The van der Waals surface area contributed by atoms with Gasteiger partial charge in [0.1, 0.15) is 29.4 Å². The second kappa shape index (κ2) is 34.0. The number of carbonyl (C=O) groups excluding carboxylic acids is 4. The van der Waals surface area contributed by atoms with Crippen molar-refractivity contribution in [1.29, 1.82) is 0 Å². The standard InChI is InChI=1S/C52H74Cl2N6O8S/c1-4-7-10-12-14-16-18-20-22-24-26-45(61)68-40-28-30-41(53)43(34-40)58-38-67-51(60-37-57-47-48(60)55-36-56-50(47)69-35-46(62)65-31-9-6-3)49(63)59-44-33-39(27-29-42(44)54)52(64)66-32-25-23-21-19-17-15-13-11-8-5-2/h27-30,33-34,36-37,51,58H,4-26,31-32,35,38H2,1-3H3,(H,59,63). The molecule has 2 aromatic carbocycles. The van der Waals surface area contributed by atoms with Gasteiger partial charge in [0.05, 0.1) is 52.3 Å². The highest BCUT2D eigenvalue weighted by atomic mass is 35.5. The van der Waals surface area contributed by atoms with Gasteiger partial charge in [-0.3, -0.25) is 19.0 Å². The van der Waals surface area contributed by atoms with E-state index in [-0.39, 0.29) is 52.9 Å². The van der Waals surface area contributed by atoms with Gasteiger partial charge in [-0.2, -0.15) is 0 Å². The van der Waals surface area contributed by atoms with Crippen LogP contribution in [0.2, 0.25) is 10.0 Å². The molecule has 0 aliphatic rings. The largest absolute Gasteiger partial charge is 0.465 e. The van der Waals surface area contributed by atoms with Gasteiger partial charge in [-0.1, -0.05) is 178 Å². The fraction of sp³-hybridized carbons (Fsp3) is 0.596. The number of hydrogen-bond donors (Lipinski definition) is 2. The number of fused-ring (bicyclic) bond motifs is 1. The lowest BCUT2D eigenvalue weighted by atomic mass is 10.1. The van der Waals surface area contributed by atoms with Gasteiger partial charge >= 0.3 is 17.9 Å². The van der Waals surface area contributed by atoms with Crippen molar-refractivity contribution in [2.45, 2.75) is 180 Å². The molecule has 0 bridgehead atoms. The molecular weight excluding hydrogens is 940 g/mol. The Labute approximate surface area is 423 Å². The van der Waals surface area contributed by atoms with Crippen LogP contribution in [0, 0.1) is 0 Å². The summed E-state index contributed by atoms with van der Waals surface area (Å²) >= 11 is 14.3. The van der Waals surface area contributed by atoms with Crippen molar-refractivity contribution in [2.24, 2.45) is 0 Å². The molecular formula is C52H74Cl2N6O8S. The first-order chi connectivity index (χ1) is 33.6. The predicted octanol–water partition coefficient (Wildman–Crippen LogP) is 14.1. The van der Waals surface area contributed by atoms with Crippen molar-refractivity contribution in [3.05, 3.63) is 64.7 Å². The Kier molecular flexibility index (Phi) is 28.1. The van der Waals surface area contributed by atoms with Crippen molar-refractivity contribution in [3.63, 3.8) is 0 Å². The van der Waals surface area contributed by atoms with E-state index in [4.69, 9.17) is 42.1 Å². The number of halogens is 2. The number of nitrogens with one attached hydrogen (secondary N) is 2. The van der Waals surface area contributed by atoms with Crippen molar-refractivity contribution < 1.29 is 38.1 Å². The van der Waals surface area contributed by atoms with E-state index in [9.17, 15) is 19.2 Å². The normalized spacial score (nSPS) is 11.7. The van der Waals surface area contributed by atoms with Crippen LogP contribution >= 0.6 is 35.0 Å². The first-order valence-electron chi connectivity index (χ1n) is 25.2. The van der Waals surface area contributed by atoms with Gasteiger partial charge in [0.25, 0.3) is 5.91 Å². The highest BCUT2D eigenvalue weighted by Gasteiger charge is 2.27. The number of unbranched alkanes of at least 4 members (excludes halogenated alkanes) is 19. The van der Waals surface area contributed by atoms with Gasteiger partial charge in [-0.25, -0.2) is 19.7 Å². The van der Waals surface area contributed by atoms with Crippen molar-refractivity contribution in [2.75, 3.05) is 36.3 Å². The lowest BCUT2D eigenvalue weighted by Gasteiger charge is -2.21. The molecule has 0 aliphatic heterocycles. The van der Waals surface area contributed by atoms with E-state index < -0.39 is 18.1 Å². The van der Waals surface area contributed by atoms with Crippen LogP contribution in [0.1, 0.15) is 185 Å². The SMILES string of the molecule is CCCCCCCCCCCCOC(=O)c1ccc(Cl)c(NC(=O)C(OCNc2cc(OC(=O)CCCCCCCCCCCC)ccc2Cl)n2cnc3c(SCC(=O)OCCCC)ncnc32)c1. The second-order valence-corrected chi connectivity index (χ2v) is 19.0. The summed E-state index contributed by atoms with van der Waals surface area (Å²) < 4.78 is 24.2. The van der Waals surface area contributed by atoms with E-state index in [2.05, 4.69) is 39.4 Å². The lowest BCUT2D eigenvalue weighted by molar-refractivity contribution is -0.140. The molecule has 0 fully saturated rings. The van der Waals surface area contributed by atoms with Crippen LogP contribution in [0.4, 0.5) is 11.4 Å². The molecule has 17 heteroatoms. The molecule has 0 spiro atoms. The molecule has 14 nitrogen and oxygen atoms in total. The van der Waals surface area contributed by atoms with Gasteiger partial charge in [0.15, 0.2) is 5.65 Å². The number of imidazole rings is 1. The average molecular weight is 1010 g/mol. The number of nitrogens with zero attached hydrogens (tertiary/aromatic N) is 4. The topological polar surface area (TPSA) is 173 Å². The molecule has 1 amide bonds. The molecule has 2 heterocycles. The van der Waals surface area contributed by atoms with Crippen LogP contribution in [0.25, 0.3) is 11.2 Å². The fourth-order valence-electron chi connectivity index (χ4n) is 7.51. The molecule has 4 rings (SSSR count). The van der Waals surface area contributed by atoms with Crippen LogP contribution in [0.3, 0.4) is 0 Å². The lowest BCUT2D eigenvalue weighted by Crippen LogP contribution is -2.30. The first-order valence-corrected chi connectivity index (χ1v) is 27.0. The Morgan fingerprint density at radius 1 is 0.652 bits per heavy atom. The average Bonchev–Trinajstić information content (AvgIpc) is 3.78. The molecule has 1 atom stereocenters. The minimum Gasteiger partial charge on any atom is -0.465 e. The van der Waals surface area contributed by atoms with E-state index in [1.807, 2.05) is 6.92 Å². The van der Waals surface area contributed by atoms with Gasteiger partial charge in [0, 0.05) is 12.5 Å². The van der Waals surface area contributed by atoms with Crippen LogP contribution < -0.4 is 15.4 Å². The fourth-order valence-corrected chi connectivity index (χ4v) is 8.60. The summed E-state index contributed by atoms with van der Waals surface area (Å²) in [5, 5.41) is 6.81. The van der Waals surface area contributed by atoms with Crippen molar-refractivity contribution >= 4 is 81.3 Å². The highest BCUT2D eigenvalue weighted by Crippen LogP contribution is 2.31. The Balaban J connectivity index is 1.41. The smallest absolute Gasteiger partial charge is 0.338 e. The van der Waals surface area contributed by atoms with Gasteiger partial charge in [0.2, 0.25) is 6.23 Å². The Morgan fingerprint density at radius 2 is 1.25 bits per heavy atom. The maximum atomic E-state index is 14.3. The summed E-state index contributed by atoms with van der Waals surface area (Å²) in [4.78, 5) is 65.9. The Morgan fingerprint density at radius 3 is 1.91 bits per heavy atom. The number of hydrogen-bond acceptors (Lipinski definition) is 13. The summed E-state index contributed by atoms with van der Waals surface area (Å²) in [6.07, 6.45) is 26.6. The molecule has 2 aromatic heterocycles. The van der Waals surface area contributed by atoms with Crippen LogP contribution in [0.5, 0.6) is 5.75 Å². The van der Waals surface area contributed by atoms with E-state index in [1.165, 1.54) is 119 Å². The molecule has 380 valence electrons. The third-order valence-electron chi connectivity index (χ3n) is 11.5. The zero-order chi connectivity index (χ0) is 49.5. The number of aromatic nitrogens is 4. The summed E-state index contributed by atoms with van der Waals surface area (Å²) in [7, 11) is 0. The number of benzene rings is 2. The minimum atomic E-state index is -1.42. The molecule has 0 aliphatic carbocycles. The minimum absolute atomic E-state index is 0.00199. The number of thioether (sulfide) groups is 1. The predicted molar refractivity (Wildman–Crippen MR) is 276 cm³/mol. The molecule has 0 radical (unpaired) electrons. The monoisotopic (exact) mass is 1010 g/mol. The third kappa shape index (κ3) is 21.6. The molecule has 0 saturated heterocycles. The molecule has 2 N–H and O–H groups in total. The van der Waals surface area contributed by atoms with E-state index in [0.29, 0.717) is 40.0 Å². The van der Waals surface area contributed by atoms with Gasteiger partial charge in [-0.15, -0.1) is 0 Å². The number of rotatable bonds is 37. The first kappa shape index (κ1) is 57.1. The van der Waals surface area contributed by atoms with Crippen LogP contribution in [-0.4, -0.2) is 69.0 Å². The van der Waals surface area contributed by atoms with Crippen LogP contribution in [0.15, 0.2) is 54.1 Å². The van der Waals surface area contributed by atoms with Crippen LogP contribution in [-0.2, 0) is 28.6 Å². The Hall–Kier alpha value is -4.44. The summed E-state index contributed by atoms with van der Waals surface area (Å²) in [6.45, 7) is 6.82. The molecule has 0 saturated carbocycles. The number of ether oxygens (including phenoxy) is 4. The van der Waals surface area contributed by atoms with Crippen molar-refractivity contribution in [1.82, 2.24) is 19.5 Å². The number of carbonyl (C=O) groups is 4. The third-order valence-corrected chi connectivity index (χ3v) is 13.1. The van der Waals surface area contributed by atoms with Crippen molar-refractivity contribution in [3.8, 4) is 5.75 Å². The molecule has 4 aromatic rings. The molecule has 69 heavy (non-hydrogen) atoms. The zero-order valence-corrected chi connectivity index (χ0v) is 43.3. The quantitative estimate of drug-likeness (QED) is 0.0109. The maximum Gasteiger partial charge on any atom is 0.338 e. The number of amides is 1. The summed E-state index contributed by atoms with van der Waals surface area (Å²) in [5.41, 5.74) is 1.35. The van der Waals surface area contributed by atoms with Gasteiger partial charge in [-0.05, 0) is 49.6 Å². The van der Waals surface area contributed by atoms with E-state index in [0.717, 1.165) is 63.1 Å². The summed E-state index contributed by atoms with van der Waals surface area (Å²) in [5.74, 6) is -1.63. The number of esters is 3. The maximum absolute atomic E-state index is 14.3. The Bertz CT molecular complexity index is 2160. The highest BCUT2D eigenvalue weighted by molar-refractivity contribution is 8.00. The second-order valence-electron chi connectivity index (χ2n) is 17.3. The number of anilines is 2. The van der Waals surface area contributed by atoms with E-state index in [1.54, 1.807) is 24.3 Å².